The third kappa shape index (κ3) is 3.71. The molecule has 2 atom stereocenters. The lowest BCUT2D eigenvalue weighted by atomic mass is 9.82. The highest BCUT2D eigenvalue weighted by Gasteiger charge is 2.29. The van der Waals surface area contributed by atoms with Gasteiger partial charge >= 0.3 is 6.09 Å². The molecular weight excluding hydrogens is 334 g/mol. The van der Waals surface area contributed by atoms with Gasteiger partial charge in [-0.3, -0.25) is 0 Å². The standard InChI is InChI=1S/C24H25NO2/c1-2-17-8-7-9-18(14-17)15-25-24(26)27-16-23-21-12-5-3-10-19(21)20-11-4-6-13-22(20)23/h1,3-6,10-13,17-18,23H,7-9,14-16H2,(H,25,26)/t17-,18+/m0/s1. The fourth-order valence-corrected chi connectivity index (χ4v) is 4.50. The first-order valence-electron chi connectivity index (χ1n) is 9.81. The van der Waals surface area contributed by atoms with Crippen LogP contribution in [-0.2, 0) is 4.74 Å². The summed E-state index contributed by atoms with van der Waals surface area (Å²) in [6.07, 6.45) is 9.60. The van der Waals surface area contributed by atoms with Gasteiger partial charge in [-0.05, 0) is 47.4 Å². The van der Waals surface area contributed by atoms with Gasteiger partial charge in [-0.25, -0.2) is 4.79 Å². The number of terminal acetylenes is 1. The van der Waals surface area contributed by atoms with E-state index in [9.17, 15) is 4.79 Å². The smallest absolute Gasteiger partial charge is 0.407 e. The van der Waals surface area contributed by atoms with Crippen molar-refractivity contribution in [1.82, 2.24) is 5.32 Å². The van der Waals surface area contributed by atoms with Crippen LogP contribution < -0.4 is 5.32 Å². The molecule has 0 aromatic heterocycles. The zero-order valence-corrected chi connectivity index (χ0v) is 15.5. The highest BCUT2D eigenvalue weighted by Crippen LogP contribution is 2.44. The van der Waals surface area contributed by atoms with Gasteiger partial charge in [-0.2, -0.15) is 0 Å². The van der Waals surface area contributed by atoms with Crippen molar-refractivity contribution in [3.63, 3.8) is 0 Å². The largest absolute Gasteiger partial charge is 0.449 e. The SMILES string of the molecule is C#C[C@H]1CCC[C@@H](CNC(=O)OCC2c3ccccc3-c3ccccc32)C1. The average molecular weight is 359 g/mol. The van der Waals surface area contributed by atoms with Crippen LogP contribution in [-0.4, -0.2) is 19.2 Å². The molecule has 1 saturated carbocycles. The predicted octanol–water partition coefficient (Wildman–Crippen LogP) is 4.96. The Kier molecular flexibility index (Phi) is 5.16. The minimum Gasteiger partial charge on any atom is -0.449 e. The molecule has 1 fully saturated rings. The van der Waals surface area contributed by atoms with Crippen LogP contribution in [0.5, 0.6) is 0 Å². The third-order valence-electron chi connectivity index (χ3n) is 5.90. The number of amides is 1. The van der Waals surface area contributed by atoms with E-state index >= 15 is 0 Å². The van der Waals surface area contributed by atoms with Gasteiger partial charge in [0.1, 0.15) is 6.61 Å². The number of carbonyl (C=O) groups is 1. The van der Waals surface area contributed by atoms with Crippen LogP contribution in [0.3, 0.4) is 0 Å². The fraction of sp³-hybridized carbons (Fsp3) is 0.375. The van der Waals surface area contributed by atoms with Crippen molar-refractivity contribution < 1.29 is 9.53 Å². The second-order valence-electron chi connectivity index (χ2n) is 7.60. The molecule has 27 heavy (non-hydrogen) atoms. The quantitative estimate of drug-likeness (QED) is 0.783. The van der Waals surface area contributed by atoms with Crippen LogP contribution in [0.1, 0.15) is 42.7 Å². The van der Waals surface area contributed by atoms with E-state index in [1.807, 2.05) is 12.1 Å². The summed E-state index contributed by atoms with van der Waals surface area (Å²) in [6, 6.07) is 16.7. The molecule has 2 aliphatic carbocycles. The van der Waals surface area contributed by atoms with Crippen molar-refractivity contribution in [3.8, 4) is 23.5 Å². The lowest BCUT2D eigenvalue weighted by Crippen LogP contribution is -2.32. The van der Waals surface area contributed by atoms with E-state index in [0.29, 0.717) is 25.0 Å². The second-order valence-corrected chi connectivity index (χ2v) is 7.60. The van der Waals surface area contributed by atoms with Crippen LogP contribution in [0, 0.1) is 24.2 Å². The molecule has 1 N–H and O–H groups in total. The molecule has 0 saturated heterocycles. The normalized spacial score (nSPS) is 21.0. The van der Waals surface area contributed by atoms with Crippen LogP contribution in [0.25, 0.3) is 11.1 Å². The molecule has 138 valence electrons. The van der Waals surface area contributed by atoms with E-state index in [0.717, 1.165) is 25.7 Å². The summed E-state index contributed by atoms with van der Waals surface area (Å²) in [5.74, 6) is 3.77. The number of nitrogens with one attached hydrogen (secondary N) is 1. The lowest BCUT2D eigenvalue weighted by molar-refractivity contribution is 0.139. The highest BCUT2D eigenvalue weighted by molar-refractivity contribution is 5.79. The fourth-order valence-electron chi connectivity index (χ4n) is 4.50. The Labute approximate surface area is 161 Å². The van der Waals surface area contributed by atoms with Crippen LogP contribution in [0.2, 0.25) is 0 Å². The van der Waals surface area contributed by atoms with Crippen molar-refractivity contribution in [3.05, 3.63) is 59.7 Å². The molecule has 0 radical (unpaired) electrons. The Morgan fingerprint density at radius 3 is 2.41 bits per heavy atom. The zero-order valence-electron chi connectivity index (χ0n) is 15.5. The van der Waals surface area contributed by atoms with Crippen molar-refractivity contribution in [2.45, 2.75) is 31.6 Å². The Hall–Kier alpha value is -2.73. The van der Waals surface area contributed by atoms with E-state index < -0.39 is 0 Å². The molecular formula is C24H25NO2. The highest BCUT2D eigenvalue weighted by atomic mass is 16.5. The topological polar surface area (TPSA) is 38.3 Å². The molecule has 0 heterocycles. The number of fused-ring (bicyclic) bond motifs is 3. The van der Waals surface area contributed by atoms with Gasteiger partial charge in [-0.15, -0.1) is 12.3 Å². The molecule has 2 aromatic carbocycles. The van der Waals surface area contributed by atoms with E-state index in [2.05, 4.69) is 47.6 Å². The van der Waals surface area contributed by atoms with Gasteiger partial charge in [0, 0.05) is 18.4 Å². The van der Waals surface area contributed by atoms with Crippen LogP contribution in [0.4, 0.5) is 4.79 Å². The number of hydrogen-bond acceptors (Lipinski definition) is 2. The summed E-state index contributed by atoms with van der Waals surface area (Å²) in [5, 5.41) is 2.94. The maximum atomic E-state index is 12.2. The Bertz CT molecular complexity index is 821. The van der Waals surface area contributed by atoms with Gasteiger partial charge in [0.2, 0.25) is 0 Å². The summed E-state index contributed by atoms with van der Waals surface area (Å²) < 4.78 is 5.59. The molecule has 0 bridgehead atoms. The molecule has 0 unspecified atom stereocenters. The maximum absolute atomic E-state index is 12.2. The Morgan fingerprint density at radius 2 is 1.74 bits per heavy atom. The number of rotatable bonds is 4. The van der Waals surface area contributed by atoms with Crippen molar-refractivity contribution in [2.75, 3.05) is 13.2 Å². The number of carbonyl (C=O) groups excluding carboxylic acids is 1. The second kappa shape index (κ2) is 7.88. The number of ether oxygens (including phenoxy) is 1. The van der Waals surface area contributed by atoms with Gasteiger partial charge < -0.3 is 10.1 Å². The first kappa shape index (κ1) is 17.7. The number of benzene rings is 2. The number of hydrogen-bond donors (Lipinski definition) is 1. The van der Waals surface area contributed by atoms with E-state index in [1.54, 1.807) is 0 Å². The van der Waals surface area contributed by atoms with Crippen molar-refractivity contribution in [2.24, 2.45) is 11.8 Å². The molecule has 0 aliphatic heterocycles. The summed E-state index contributed by atoms with van der Waals surface area (Å²) in [7, 11) is 0. The van der Waals surface area contributed by atoms with Gasteiger partial charge in [0.15, 0.2) is 0 Å². The molecule has 0 spiro atoms. The predicted molar refractivity (Wildman–Crippen MR) is 107 cm³/mol. The molecule has 4 rings (SSSR count). The first-order valence-corrected chi connectivity index (χ1v) is 9.81. The maximum Gasteiger partial charge on any atom is 0.407 e. The molecule has 3 nitrogen and oxygen atoms in total. The van der Waals surface area contributed by atoms with Gasteiger partial charge in [0.05, 0.1) is 0 Å². The van der Waals surface area contributed by atoms with Crippen LogP contribution in [0.15, 0.2) is 48.5 Å². The van der Waals surface area contributed by atoms with Crippen molar-refractivity contribution in [1.29, 1.82) is 0 Å². The van der Waals surface area contributed by atoms with Crippen LogP contribution >= 0.6 is 0 Å². The summed E-state index contributed by atoms with van der Waals surface area (Å²) in [5.41, 5.74) is 4.94. The Morgan fingerprint density at radius 1 is 1.07 bits per heavy atom. The minimum atomic E-state index is -0.334. The van der Waals surface area contributed by atoms with E-state index in [4.69, 9.17) is 11.2 Å². The van der Waals surface area contributed by atoms with E-state index in [-0.39, 0.29) is 12.0 Å². The lowest BCUT2D eigenvalue weighted by Gasteiger charge is -2.26. The first-order chi connectivity index (χ1) is 13.3. The van der Waals surface area contributed by atoms with Gasteiger partial charge in [-0.1, -0.05) is 55.0 Å². The minimum absolute atomic E-state index is 0.101. The Balaban J connectivity index is 1.35. The summed E-state index contributed by atoms with van der Waals surface area (Å²) >= 11 is 0. The third-order valence-corrected chi connectivity index (χ3v) is 5.90. The average Bonchev–Trinajstić information content (AvgIpc) is 3.05. The molecule has 2 aromatic rings. The monoisotopic (exact) mass is 359 g/mol. The van der Waals surface area contributed by atoms with Gasteiger partial charge in [0.25, 0.3) is 0 Å². The zero-order chi connectivity index (χ0) is 18.6. The molecule has 3 heteroatoms. The number of alkyl carbamates (subject to hydrolysis) is 1. The molecule has 1 amide bonds. The summed E-state index contributed by atoms with van der Waals surface area (Å²) in [4.78, 5) is 12.2. The molecule has 2 aliphatic rings. The van der Waals surface area contributed by atoms with Crippen molar-refractivity contribution >= 4 is 6.09 Å². The van der Waals surface area contributed by atoms with E-state index in [1.165, 1.54) is 22.3 Å². The summed E-state index contributed by atoms with van der Waals surface area (Å²) in [6.45, 7) is 1.01.